The SMILES string of the molecule is N#C/C(=C/N1CCN(Cc2ccccc2)CC1)C(=O)Nc1ccccc1Sc1ccccc1. The molecule has 1 aliphatic heterocycles. The molecule has 0 bridgehead atoms. The second-order valence-electron chi connectivity index (χ2n) is 7.82. The lowest BCUT2D eigenvalue weighted by Gasteiger charge is -2.34. The molecule has 6 heteroatoms. The minimum Gasteiger partial charge on any atom is -0.374 e. The highest BCUT2D eigenvalue weighted by atomic mass is 32.2. The van der Waals surface area contributed by atoms with Crippen LogP contribution in [0, 0.1) is 11.3 Å². The number of benzene rings is 3. The minimum atomic E-state index is -0.384. The molecule has 1 N–H and O–H groups in total. The van der Waals surface area contributed by atoms with Crippen LogP contribution in [0.25, 0.3) is 0 Å². The summed E-state index contributed by atoms with van der Waals surface area (Å²) in [6, 6.07) is 30.2. The third kappa shape index (κ3) is 6.48. The molecule has 0 radical (unpaired) electrons. The molecule has 1 aliphatic rings. The van der Waals surface area contributed by atoms with Gasteiger partial charge in [0.25, 0.3) is 5.91 Å². The number of hydrogen-bond acceptors (Lipinski definition) is 5. The highest BCUT2D eigenvalue weighted by molar-refractivity contribution is 7.99. The van der Waals surface area contributed by atoms with Gasteiger partial charge in [-0.15, -0.1) is 0 Å². The first kappa shape index (κ1) is 22.7. The lowest BCUT2D eigenvalue weighted by Crippen LogP contribution is -2.43. The number of piperazine rings is 1. The maximum absolute atomic E-state index is 12.9. The van der Waals surface area contributed by atoms with Crippen molar-refractivity contribution in [2.45, 2.75) is 16.3 Å². The standard InChI is InChI=1S/C27H26N4OS/c28-19-23(21-31-17-15-30(16-18-31)20-22-9-3-1-4-10-22)27(32)29-25-13-7-8-14-26(25)33-24-11-5-2-6-12-24/h1-14,21H,15-18,20H2,(H,29,32)/b23-21-. The Hall–Kier alpha value is -3.53. The van der Waals surface area contributed by atoms with Crippen molar-refractivity contribution in [1.82, 2.24) is 9.80 Å². The zero-order valence-corrected chi connectivity index (χ0v) is 19.2. The van der Waals surface area contributed by atoms with E-state index in [0.29, 0.717) is 5.69 Å². The van der Waals surface area contributed by atoms with Crippen molar-refractivity contribution in [2.24, 2.45) is 0 Å². The Morgan fingerprint density at radius 1 is 0.909 bits per heavy atom. The number of para-hydroxylation sites is 1. The quantitative estimate of drug-likeness (QED) is 0.402. The van der Waals surface area contributed by atoms with Crippen LogP contribution in [0.1, 0.15) is 5.56 Å². The summed E-state index contributed by atoms with van der Waals surface area (Å²) in [6.45, 7) is 4.27. The first-order valence-electron chi connectivity index (χ1n) is 11.0. The number of nitrogens with zero attached hydrogens (tertiary/aromatic N) is 3. The van der Waals surface area contributed by atoms with Crippen molar-refractivity contribution in [1.29, 1.82) is 5.26 Å². The van der Waals surface area contributed by atoms with Crippen LogP contribution in [0.3, 0.4) is 0 Å². The monoisotopic (exact) mass is 454 g/mol. The maximum Gasteiger partial charge on any atom is 0.267 e. The van der Waals surface area contributed by atoms with E-state index in [1.165, 1.54) is 5.56 Å². The molecule has 0 atom stereocenters. The van der Waals surface area contributed by atoms with E-state index in [-0.39, 0.29) is 11.5 Å². The molecule has 0 aliphatic carbocycles. The lowest BCUT2D eigenvalue weighted by atomic mass is 10.2. The van der Waals surface area contributed by atoms with Crippen LogP contribution in [0.2, 0.25) is 0 Å². The number of nitrogens with one attached hydrogen (secondary N) is 1. The first-order valence-corrected chi connectivity index (χ1v) is 11.8. The summed E-state index contributed by atoms with van der Waals surface area (Å²) in [5, 5.41) is 12.6. The van der Waals surface area contributed by atoms with Gasteiger partial charge in [0.2, 0.25) is 0 Å². The normalized spacial score (nSPS) is 14.5. The third-order valence-electron chi connectivity index (χ3n) is 5.44. The highest BCUT2D eigenvalue weighted by Gasteiger charge is 2.18. The molecule has 1 heterocycles. The average molecular weight is 455 g/mol. The van der Waals surface area contributed by atoms with Gasteiger partial charge in [0.1, 0.15) is 11.6 Å². The van der Waals surface area contributed by atoms with Crippen LogP contribution in [0.4, 0.5) is 5.69 Å². The van der Waals surface area contributed by atoms with Gasteiger partial charge in [-0.25, -0.2) is 0 Å². The first-order chi connectivity index (χ1) is 16.2. The van der Waals surface area contributed by atoms with Gasteiger partial charge in [-0.05, 0) is 29.8 Å². The Morgan fingerprint density at radius 2 is 1.55 bits per heavy atom. The van der Waals surface area contributed by atoms with Crippen LogP contribution in [0.15, 0.2) is 106 Å². The van der Waals surface area contributed by atoms with Gasteiger partial charge in [-0.1, -0.05) is 72.4 Å². The van der Waals surface area contributed by atoms with E-state index in [0.717, 1.165) is 42.5 Å². The second-order valence-corrected chi connectivity index (χ2v) is 8.93. The zero-order valence-electron chi connectivity index (χ0n) is 18.4. The molecular formula is C27H26N4OS. The fraction of sp³-hybridized carbons (Fsp3) is 0.185. The van der Waals surface area contributed by atoms with Crippen molar-refractivity contribution in [3.63, 3.8) is 0 Å². The van der Waals surface area contributed by atoms with Gasteiger partial charge in [0.05, 0.1) is 5.69 Å². The Bertz CT molecular complexity index is 1130. The Balaban J connectivity index is 1.37. The van der Waals surface area contributed by atoms with Crippen molar-refractivity contribution >= 4 is 23.4 Å². The summed E-state index contributed by atoms with van der Waals surface area (Å²) in [4.78, 5) is 19.4. The Kier molecular flexibility index (Phi) is 7.81. The molecule has 0 aromatic heterocycles. The summed E-state index contributed by atoms with van der Waals surface area (Å²) in [5.41, 5.74) is 2.11. The van der Waals surface area contributed by atoms with E-state index in [4.69, 9.17) is 0 Å². The molecule has 33 heavy (non-hydrogen) atoms. The summed E-state index contributed by atoms with van der Waals surface area (Å²) < 4.78 is 0. The highest BCUT2D eigenvalue weighted by Crippen LogP contribution is 2.33. The van der Waals surface area contributed by atoms with E-state index in [1.807, 2.05) is 60.7 Å². The van der Waals surface area contributed by atoms with Crippen LogP contribution in [-0.2, 0) is 11.3 Å². The van der Waals surface area contributed by atoms with Gasteiger partial charge >= 0.3 is 0 Å². The topological polar surface area (TPSA) is 59.4 Å². The van der Waals surface area contributed by atoms with Gasteiger partial charge in [0, 0.05) is 48.7 Å². The van der Waals surface area contributed by atoms with Crippen LogP contribution in [0.5, 0.6) is 0 Å². The number of anilines is 1. The molecule has 0 unspecified atom stereocenters. The lowest BCUT2D eigenvalue weighted by molar-refractivity contribution is -0.112. The molecule has 3 aromatic rings. The molecule has 4 rings (SSSR count). The molecule has 166 valence electrons. The second kappa shape index (κ2) is 11.4. The number of hydrogen-bond donors (Lipinski definition) is 1. The van der Waals surface area contributed by atoms with Crippen molar-refractivity contribution in [3.05, 3.63) is 102 Å². The maximum atomic E-state index is 12.9. The van der Waals surface area contributed by atoms with Gasteiger partial charge < -0.3 is 10.2 Å². The zero-order chi connectivity index (χ0) is 22.9. The molecule has 3 aromatic carbocycles. The summed E-state index contributed by atoms with van der Waals surface area (Å²) in [6.07, 6.45) is 1.70. The average Bonchev–Trinajstić information content (AvgIpc) is 2.86. The number of amides is 1. The molecule has 1 fully saturated rings. The molecular weight excluding hydrogens is 428 g/mol. The van der Waals surface area contributed by atoms with E-state index < -0.39 is 0 Å². The molecule has 0 saturated carbocycles. The number of carbonyl (C=O) groups is 1. The van der Waals surface area contributed by atoms with Crippen molar-refractivity contribution in [3.8, 4) is 6.07 Å². The van der Waals surface area contributed by atoms with Gasteiger partial charge in [0.15, 0.2) is 0 Å². The predicted octanol–water partition coefficient (Wildman–Crippen LogP) is 5.00. The number of nitriles is 1. The van der Waals surface area contributed by atoms with E-state index in [2.05, 4.69) is 45.5 Å². The Morgan fingerprint density at radius 3 is 2.24 bits per heavy atom. The molecule has 1 saturated heterocycles. The number of carbonyl (C=O) groups excluding carboxylic acids is 1. The molecule has 0 spiro atoms. The molecule has 5 nitrogen and oxygen atoms in total. The van der Waals surface area contributed by atoms with Crippen molar-refractivity contribution in [2.75, 3.05) is 31.5 Å². The third-order valence-corrected chi connectivity index (χ3v) is 6.52. The Labute approximate surface area is 199 Å². The smallest absolute Gasteiger partial charge is 0.267 e. The summed E-state index contributed by atoms with van der Waals surface area (Å²) >= 11 is 1.58. The van der Waals surface area contributed by atoms with Gasteiger partial charge in [-0.2, -0.15) is 5.26 Å². The van der Waals surface area contributed by atoms with E-state index >= 15 is 0 Å². The van der Waals surface area contributed by atoms with E-state index in [9.17, 15) is 10.1 Å². The summed E-state index contributed by atoms with van der Waals surface area (Å²) in [5.74, 6) is -0.384. The van der Waals surface area contributed by atoms with Crippen LogP contribution in [-0.4, -0.2) is 41.9 Å². The van der Waals surface area contributed by atoms with E-state index in [1.54, 1.807) is 18.0 Å². The van der Waals surface area contributed by atoms with Crippen molar-refractivity contribution < 1.29 is 4.79 Å². The van der Waals surface area contributed by atoms with Gasteiger partial charge in [-0.3, -0.25) is 9.69 Å². The summed E-state index contributed by atoms with van der Waals surface area (Å²) in [7, 11) is 0. The minimum absolute atomic E-state index is 0.117. The number of rotatable bonds is 7. The van der Waals surface area contributed by atoms with Crippen LogP contribution >= 0.6 is 11.8 Å². The molecule has 1 amide bonds. The largest absolute Gasteiger partial charge is 0.374 e. The fourth-order valence-electron chi connectivity index (χ4n) is 3.68. The predicted molar refractivity (Wildman–Crippen MR) is 133 cm³/mol. The fourth-order valence-corrected chi connectivity index (χ4v) is 4.60. The van der Waals surface area contributed by atoms with Crippen LogP contribution < -0.4 is 5.32 Å².